The van der Waals surface area contributed by atoms with E-state index < -0.39 is 0 Å². The molecule has 0 unspecified atom stereocenters. The minimum absolute atomic E-state index is 0.940. The van der Waals surface area contributed by atoms with Crippen LogP contribution in [0.1, 0.15) is 11.1 Å². The third-order valence-electron chi connectivity index (χ3n) is 1.66. The van der Waals surface area contributed by atoms with Crippen molar-refractivity contribution in [1.82, 2.24) is 14.6 Å². The Balaban J connectivity index is 2.86. The quantitative estimate of drug-likeness (QED) is 0.563. The van der Waals surface area contributed by atoms with E-state index in [1.807, 2.05) is 32.4 Å². The van der Waals surface area contributed by atoms with Crippen molar-refractivity contribution in [3.63, 3.8) is 0 Å². The zero-order chi connectivity index (χ0) is 7.84. The van der Waals surface area contributed by atoms with E-state index in [9.17, 15) is 0 Å². The van der Waals surface area contributed by atoms with Gasteiger partial charge in [0.1, 0.15) is 0 Å². The average Bonchev–Trinajstić information content (AvgIpc) is 2.32. The summed E-state index contributed by atoms with van der Waals surface area (Å²) >= 11 is 0. The van der Waals surface area contributed by atoms with Crippen LogP contribution in [0, 0.1) is 13.8 Å². The first-order valence-corrected chi connectivity index (χ1v) is 3.54. The number of hydrogen-bond donors (Lipinski definition) is 0. The summed E-state index contributed by atoms with van der Waals surface area (Å²) < 4.78 is 1.80. The summed E-state index contributed by atoms with van der Waals surface area (Å²) in [7, 11) is 0. The lowest BCUT2D eigenvalue weighted by molar-refractivity contribution is 0.928. The molecule has 0 amide bonds. The van der Waals surface area contributed by atoms with Crippen LogP contribution in [0.5, 0.6) is 0 Å². The Labute approximate surface area is 64.7 Å². The van der Waals surface area contributed by atoms with Gasteiger partial charge in [-0.05, 0) is 19.4 Å². The van der Waals surface area contributed by atoms with Crippen molar-refractivity contribution < 1.29 is 0 Å². The van der Waals surface area contributed by atoms with Crippen LogP contribution in [-0.2, 0) is 0 Å². The summed E-state index contributed by atoms with van der Waals surface area (Å²) in [6.07, 6.45) is 5.64. The molecule has 0 atom stereocenters. The molecule has 0 bridgehead atoms. The van der Waals surface area contributed by atoms with Crippen LogP contribution in [0.15, 0.2) is 18.6 Å². The Bertz CT molecular complexity index is 389. The molecule has 0 aliphatic carbocycles. The first kappa shape index (κ1) is 6.34. The van der Waals surface area contributed by atoms with Gasteiger partial charge in [0.25, 0.3) is 0 Å². The zero-order valence-electron chi connectivity index (χ0n) is 6.57. The molecule has 2 aromatic rings. The minimum Gasteiger partial charge on any atom is -0.236 e. The van der Waals surface area contributed by atoms with E-state index in [0.29, 0.717) is 0 Å². The van der Waals surface area contributed by atoms with Gasteiger partial charge in [-0.2, -0.15) is 5.10 Å². The molecule has 0 aliphatic heterocycles. The molecule has 0 N–H and O–H groups in total. The fourth-order valence-corrected chi connectivity index (χ4v) is 1.09. The fourth-order valence-electron chi connectivity index (χ4n) is 1.09. The Morgan fingerprint density at radius 3 is 2.91 bits per heavy atom. The summed E-state index contributed by atoms with van der Waals surface area (Å²) in [5.74, 6) is 0. The van der Waals surface area contributed by atoms with Crippen molar-refractivity contribution in [2.75, 3.05) is 0 Å². The van der Waals surface area contributed by atoms with Crippen LogP contribution in [0.4, 0.5) is 0 Å². The maximum Gasteiger partial charge on any atom is 0.157 e. The second kappa shape index (κ2) is 2.05. The normalized spacial score (nSPS) is 10.7. The summed E-state index contributed by atoms with van der Waals surface area (Å²) in [5, 5.41) is 4.13. The second-order valence-electron chi connectivity index (χ2n) is 2.73. The highest BCUT2D eigenvalue weighted by atomic mass is 15.2. The number of rotatable bonds is 0. The smallest absolute Gasteiger partial charge is 0.157 e. The van der Waals surface area contributed by atoms with E-state index in [1.54, 1.807) is 4.52 Å². The molecule has 11 heavy (non-hydrogen) atoms. The molecule has 0 saturated heterocycles. The van der Waals surface area contributed by atoms with Gasteiger partial charge in [0.05, 0.1) is 6.20 Å². The number of aromatic nitrogens is 3. The maximum atomic E-state index is 4.24. The summed E-state index contributed by atoms with van der Waals surface area (Å²) in [4.78, 5) is 4.24. The Morgan fingerprint density at radius 2 is 2.09 bits per heavy atom. The first-order chi connectivity index (χ1) is 5.27. The standard InChI is InChI=1S/C8H9N3/c1-6-3-9-8-7(2)4-10-11(8)5-6/h3-5H,1-2H3. The number of hydrogen-bond acceptors (Lipinski definition) is 2. The third kappa shape index (κ3) is 0.888. The number of aryl methyl sites for hydroxylation is 2. The summed E-state index contributed by atoms with van der Waals surface area (Å²) in [6, 6.07) is 0. The maximum absolute atomic E-state index is 4.24. The predicted octanol–water partition coefficient (Wildman–Crippen LogP) is 1.35. The highest BCUT2D eigenvalue weighted by Gasteiger charge is 1.98. The predicted molar refractivity (Wildman–Crippen MR) is 42.5 cm³/mol. The van der Waals surface area contributed by atoms with E-state index in [0.717, 1.165) is 16.8 Å². The molecule has 0 spiro atoms. The lowest BCUT2D eigenvalue weighted by Crippen LogP contribution is -1.90. The van der Waals surface area contributed by atoms with Crippen LogP contribution in [0.3, 0.4) is 0 Å². The van der Waals surface area contributed by atoms with E-state index in [1.165, 1.54) is 0 Å². The second-order valence-corrected chi connectivity index (χ2v) is 2.73. The number of nitrogens with zero attached hydrogens (tertiary/aromatic N) is 3. The lowest BCUT2D eigenvalue weighted by atomic mass is 10.3. The van der Waals surface area contributed by atoms with E-state index >= 15 is 0 Å². The molecule has 0 aromatic carbocycles. The summed E-state index contributed by atoms with van der Waals surface area (Å²) in [6.45, 7) is 4.01. The lowest BCUT2D eigenvalue weighted by Gasteiger charge is -1.93. The van der Waals surface area contributed by atoms with Gasteiger partial charge in [-0.15, -0.1) is 0 Å². The topological polar surface area (TPSA) is 30.2 Å². The fraction of sp³-hybridized carbons (Fsp3) is 0.250. The molecule has 0 saturated carbocycles. The molecule has 3 heteroatoms. The zero-order valence-corrected chi connectivity index (χ0v) is 6.57. The molecular formula is C8H9N3. The van der Waals surface area contributed by atoms with Gasteiger partial charge in [0, 0.05) is 18.0 Å². The van der Waals surface area contributed by atoms with Crippen molar-refractivity contribution in [1.29, 1.82) is 0 Å². The van der Waals surface area contributed by atoms with Crippen LogP contribution in [0.25, 0.3) is 5.65 Å². The SMILES string of the molecule is Cc1cnc2c(C)cnn2c1. The minimum atomic E-state index is 0.940. The van der Waals surface area contributed by atoms with E-state index in [-0.39, 0.29) is 0 Å². The molecule has 2 rings (SSSR count). The first-order valence-electron chi connectivity index (χ1n) is 3.54. The molecule has 3 nitrogen and oxygen atoms in total. The molecule has 0 radical (unpaired) electrons. The molecule has 56 valence electrons. The molecule has 2 aromatic heterocycles. The van der Waals surface area contributed by atoms with Crippen LogP contribution >= 0.6 is 0 Å². The third-order valence-corrected chi connectivity index (χ3v) is 1.66. The van der Waals surface area contributed by atoms with Gasteiger partial charge in [-0.3, -0.25) is 0 Å². The van der Waals surface area contributed by atoms with Crippen LogP contribution in [0.2, 0.25) is 0 Å². The van der Waals surface area contributed by atoms with E-state index in [2.05, 4.69) is 10.1 Å². The molecular weight excluding hydrogens is 138 g/mol. The molecule has 0 fully saturated rings. The highest BCUT2D eigenvalue weighted by Crippen LogP contribution is 2.05. The largest absolute Gasteiger partial charge is 0.236 e. The van der Waals surface area contributed by atoms with Crippen LogP contribution in [-0.4, -0.2) is 14.6 Å². The highest BCUT2D eigenvalue weighted by molar-refractivity contribution is 5.44. The average molecular weight is 147 g/mol. The van der Waals surface area contributed by atoms with Crippen molar-refractivity contribution in [2.24, 2.45) is 0 Å². The molecule has 2 heterocycles. The van der Waals surface area contributed by atoms with Gasteiger partial charge >= 0.3 is 0 Å². The molecule has 0 aliphatic rings. The van der Waals surface area contributed by atoms with Gasteiger partial charge in [-0.1, -0.05) is 0 Å². The Kier molecular flexibility index (Phi) is 1.18. The van der Waals surface area contributed by atoms with Gasteiger partial charge in [0.2, 0.25) is 0 Å². The van der Waals surface area contributed by atoms with Crippen molar-refractivity contribution in [3.05, 3.63) is 29.7 Å². The van der Waals surface area contributed by atoms with Crippen molar-refractivity contribution >= 4 is 5.65 Å². The van der Waals surface area contributed by atoms with Gasteiger partial charge < -0.3 is 0 Å². The Morgan fingerprint density at radius 1 is 1.27 bits per heavy atom. The van der Waals surface area contributed by atoms with Crippen molar-refractivity contribution in [3.8, 4) is 0 Å². The van der Waals surface area contributed by atoms with Gasteiger partial charge in [0.15, 0.2) is 5.65 Å². The van der Waals surface area contributed by atoms with Crippen LogP contribution < -0.4 is 0 Å². The van der Waals surface area contributed by atoms with E-state index in [4.69, 9.17) is 0 Å². The monoisotopic (exact) mass is 147 g/mol. The summed E-state index contributed by atoms with van der Waals surface area (Å²) in [5.41, 5.74) is 3.18. The van der Waals surface area contributed by atoms with Gasteiger partial charge in [-0.25, -0.2) is 9.50 Å². The Hall–Kier alpha value is -1.38. The van der Waals surface area contributed by atoms with Crippen molar-refractivity contribution in [2.45, 2.75) is 13.8 Å². The number of fused-ring (bicyclic) bond motifs is 1.